The number of esters is 1. The zero-order valence-corrected chi connectivity index (χ0v) is 7.90. The Morgan fingerprint density at radius 2 is 2.33 bits per heavy atom. The van der Waals surface area contributed by atoms with Crippen LogP contribution >= 0.6 is 12.2 Å². The van der Waals surface area contributed by atoms with Gasteiger partial charge in [-0.3, -0.25) is 0 Å². The van der Waals surface area contributed by atoms with Gasteiger partial charge in [0.1, 0.15) is 0 Å². The fourth-order valence-corrected chi connectivity index (χ4v) is 1.25. The van der Waals surface area contributed by atoms with Crippen molar-refractivity contribution in [3.63, 3.8) is 0 Å². The number of hydrogen-bond donors (Lipinski definition) is 0. The van der Waals surface area contributed by atoms with Gasteiger partial charge < -0.3 is 4.74 Å². The summed E-state index contributed by atoms with van der Waals surface area (Å²) >= 11 is 5.06. The van der Waals surface area contributed by atoms with Gasteiger partial charge in [0, 0.05) is 11.3 Å². The highest BCUT2D eigenvalue weighted by Gasteiger charge is 2.15. The second-order valence-electron chi connectivity index (χ2n) is 2.56. The van der Waals surface area contributed by atoms with Crippen LogP contribution in [0.3, 0.4) is 0 Å². The molecule has 0 heterocycles. The normalized spacial score (nSPS) is 16.7. The van der Waals surface area contributed by atoms with Crippen LogP contribution in [0.15, 0.2) is 23.3 Å². The third kappa shape index (κ3) is 1.61. The van der Waals surface area contributed by atoms with E-state index in [1.165, 1.54) is 7.11 Å². The number of carbonyl (C=O) groups is 1. The molecule has 0 atom stereocenters. The molecule has 0 aromatic carbocycles. The molecule has 0 bridgehead atoms. The van der Waals surface area contributed by atoms with Crippen molar-refractivity contribution in [2.24, 2.45) is 0 Å². The Balaban J connectivity index is 3.01. The first-order valence-electron chi connectivity index (χ1n) is 3.65. The summed E-state index contributed by atoms with van der Waals surface area (Å²) in [5.41, 5.74) is 1.44. The van der Waals surface area contributed by atoms with Crippen molar-refractivity contribution in [3.8, 4) is 0 Å². The highest BCUT2D eigenvalue weighted by molar-refractivity contribution is 7.80. The SMILES string of the molecule is COC(=O)C1=C(C)C(=S)CC=C1. The number of methoxy groups -OCH3 is 1. The zero-order valence-electron chi connectivity index (χ0n) is 7.09. The van der Waals surface area contributed by atoms with E-state index in [9.17, 15) is 4.79 Å². The van der Waals surface area contributed by atoms with Crippen molar-refractivity contribution in [1.29, 1.82) is 0 Å². The van der Waals surface area contributed by atoms with Gasteiger partial charge in [0.2, 0.25) is 0 Å². The van der Waals surface area contributed by atoms with E-state index in [0.29, 0.717) is 5.57 Å². The Bertz CT molecular complexity index is 287. The molecule has 1 aliphatic rings. The number of rotatable bonds is 1. The minimum Gasteiger partial charge on any atom is -0.465 e. The molecule has 0 saturated carbocycles. The molecule has 0 unspecified atom stereocenters. The van der Waals surface area contributed by atoms with Gasteiger partial charge in [0.05, 0.1) is 12.7 Å². The smallest absolute Gasteiger partial charge is 0.338 e. The van der Waals surface area contributed by atoms with Crippen LogP contribution in [-0.2, 0) is 9.53 Å². The molecular formula is C9H10O2S. The van der Waals surface area contributed by atoms with E-state index >= 15 is 0 Å². The predicted octanol–water partition coefficient (Wildman–Crippen LogP) is 1.81. The average molecular weight is 182 g/mol. The topological polar surface area (TPSA) is 26.3 Å². The molecule has 0 aromatic heterocycles. The van der Waals surface area contributed by atoms with Crippen molar-refractivity contribution in [1.82, 2.24) is 0 Å². The lowest BCUT2D eigenvalue weighted by Crippen LogP contribution is -2.11. The Morgan fingerprint density at radius 1 is 1.67 bits per heavy atom. The third-order valence-corrected chi connectivity index (χ3v) is 2.29. The van der Waals surface area contributed by atoms with Gasteiger partial charge >= 0.3 is 5.97 Å². The van der Waals surface area contributed by atoms with Crippen molar-refractivity contribution >= 4 is 23.1 Å². The van der Waals surface area contributed by atoms with Crippen molar-refractivity contribution in [2.75, 3.05) is 7.11 Å². The second-order valence-corrected chi connectivity index (χ2v) is 3.05. The lowest BCUT2D eigenvalue weighted by atomic mass is 9.99. The maximum atomic E-state index is 11.1. The number of ether oxygens (including phenoxy) is 1. The molecule has 3 heteroatoms. The third-order valence-electron chi connectivity index (χ3n) is 1.82. The van der Waals surface area contributed by atoms with Crippen LogP contribution < -0.4 is 0 Å². The van der Waals surface area contributed by atoms with Crippen LogP contribution in [-0.4, -0.2) is 17.9 Å². The Labute approximate surface area is 76.9 Å². The molecule has 2 nitrogen and oxygen atoms in total. The minimum atomic E-state index is -0.314. The van der Waals surface area contributed by atoms with Crippen molar-refractivity contribution in [2.45, 2.75) is 13.3 Å². The molecule has 64 valence electrons. The van der Waals surface area contributed by atoms with E-state index < -0.39 is 0 Å². The Hall–Kier alpha value is -0.960. The van der Waals surface area contributed by atoms with Gasteiger partial charge in [-0.25, -0.2) is 4.79 Å². The average Bonchev–Trinajstić information content (AvgIpc) is 2.08. The van der Waals surface area contributed by atoms with E-state index in [1.54, 1.807) is 6.08 Å². The minimum absolute atomic E-state index is 0.314. The number of allylic oxidation sites excluding steroid dienone is 2. The molecule has 0 saturated heterocycles. The quantitative estimate of drug-likeness (QED) is 0.457. The second kappa shape index (κ2) is 3.63. The first-order valence-corrected chi connectivity index (χ1v) is 4.06. The fraction of sp³-hybridized carbons (Fsp3) is 0.333. The fourth-order valence-electron chi connectivity index (χ4n) is 1.04. The number of carbonyl (C=O) groups excluding carboxylic acids is 1. The molecule has 0 aromatic rings. The van der Waals surface area contributed by atoms with E-state index in [-0.39, 0.29) is 5.97 Å². The van der Waals surface area contributed by atoms with E-state index in [2.05, 4.69) is 4.74 Å². The molecule has 0 N–H and O–H groups in total. The van der Waals surface area contributed by atoms with Crippen LogP contribution in [0.25, 0.3) is 0 Å². The lowest BCUT2D eigenvalue weighted by Gasteiger charge is -2.10. The number of thiocarbonyl (C=S) groups is 1. The molecule has 0 aliphatic heterocycles. The Kier molecular flexibility index (Phi) is 2.76. The maximum absolute atomic E-state index is 11.1. The monoisotopic (exact) mass is 182 g/mol. The standard InChI is InChI=1S/C9H10O2S/c1-6-7(9(10)11-2)4-3-5-8(6)12/h3-4H,5H2,1-2H3. The van der Waals surface area contributed by atoms with Crippen LogP contribution in [0.4, 0.5) is 0 Å². The van der Waals surface area contributed by atoms with Gasteiger partial charge in [-0.2, -0.15) is 0 Å². The van der Waals surface area contributed by atoms with E-state index in [1.807, 2.05) is 13.0 Å². The Morgan fingerprint density at radius 3 is 2.92 bits per heavy atom. The van der Waals surface area contributed by atoms with Gasteiger partial charge in [0.25, 0.3) is 0 Å². The summed E-state index contributed by atoms with van der Waals surface area (Å²) in [6.45, 7) is 1.85. The van der Waals surface area contributed by atoms with Crippen molar-refractivity contribution in [3.05, 3.63) is 23.3 Å². The predicted molar refractivity (Wildman–Crippen MR) is 51.1 cm³/mol. The summed E-state index contributed by atoms with van der Waals surface area (Å²) in [7, 11) is 1.37. The summed E-state index contributed by atoms with van der Waals surface area (Å²) in [4.78, 5) is 11.9. The highest BCUT2D eigenvalue weighted by Crippen LogP contribution is 2.17. The van der Waals surface area contributed by atoms with Crippen molar-refractivity contribution < 1.29 is 9.53 Å². The van der Waals surface area contributed by atoms with Gasteiger partial charge in [-0.1, -0.05) is 24.4 Å². The summed E-state index contributed by atoms with van der Waals surface area (Å²) in [6.07, 6.45) is 4.39. The highest BCUT2D eigenvalue weighted by atomic mass is 32.1. The summed E-state index contributed by atoms with van der Waals surface area (Å²) in [6, 6.07) is 0. The summed E-state index contributed by atoms with van der Waals surface area (Å²) in [5, 5.41) is 0. The van der Waals surface area contributed by atoms with Crippen LogP contribution in [0, 0.1) is 0 Å². The van der Waals surface area contributed by atoms with E-state index in [0.717, 1.165) is 16.9 Å². The molecule has 1 aliphatic carbocycles. The first-order chi connectivity index (χ1) is 5.66. The molecule has 12 heavy (non-hydrogen) atoms. The summed E-state index contributed by atoms with van der Waals surface area (Å²) in [5.74, 6) is -0.314. The molecule has 0 fully saturated rings. The lowest BCUT2D eigenvalue weighted by molar-refractivity contribution is -0.135. The van der Waals surface area contributed by atoms with Gasteiger partial charge in [-0.15, -0.1) is 0 Å². The van der Waals surface area contributed by atoms with Crippen LogP contribution in [0.2, 0.25) is 0 Å². The molecular weight excluding hydrogens is 172 g/mol. The van der Waals surface area contributed by atoms with Crippen LogP contribution in [0.1, 0.15) is 13.3 Å². The van der Waals surface area contributed by atoms with Crippen LogP contribution in [0.5, 0.6) is 0 Å². The first kappa shape index (κ1) is 9.13. The largest absolute Gasteiger partial charge is 0.465 e. The number of hydrogen-bond acceptors (Lipinski definition) is 3. The maximum Gasteiger partial charge on any atom is 0.338 e. The summed E-state index contributed by atoms with van der Waals surface area (Å²) < 4.78 is 4.60. The van der Waals surface area contributed by atoms with Gasteiger partial charge in [0.15, 0.2) is 0 Å². The molecule has 0 amide bonds. The zero-order chi connectivity index (χ0) is 9.14. The van der Waals surface area contributed by atoms with E-state index in [4.69, 9.17) is 12.2 Å². The molecule has 1 rings (SSSR count). The molecule has 0 spiro atoms. The molecule has 0 radical (unpaired) electrons. The van der Waals surface area contributed by atoms with Gasteiger partial charge in [-0.05, 0) is 12.5 Å².